The van der Waals surface area contributed by atoms with Crippen molar-refractivity contribution in [3.63, 3.8) is 0 Å². The molecule has 1 atom stereocenters. The Hall–Kier alpha value is -1.93. The molecule has 0 amide bonds. The summed E-state index contributed by atoms with van der Waals surface area (Å²) in [6.45, 7) is 1.64. The Morgan fingerprint density at radius 2 is 2.40 bits per heavy atom. The summed E-state index contributed by atoms with van der Waals surface area (Å²) in [7, 11) is 0. The number of carboxylic acid groups (broad SMARTS) is 1. The van der Waals surface area contributed by atoms with E-state index in [-0.39, 0.29) is 6.42 Å². The van der Waals surface area contributed by atoms with Crippen LogP contribution in [-0.4, -0.2) is 33.5 Å². The SMILES string of the molecule is N#Cc1ncccc1CN1CCCCC1CCC(=O)O. The van der Waals surface area contributed by atoms with Crippen LogP contribution in [0.5, 0.6) is 0 Å². The lowest BCUT2D eigenvalue weighted by atomic mass is 9.97. The van der Waals surface area contributed by atoms with Crippen LogP contribution in [-0.2, 0) is 11.3 Å². The Labute approximate surface area is 118 Å². The highest BCUT2D eigenvalue weighted by Crippen LogP contribution is 2.23. The third kappa shape index (κ3) is 3.78. The number of pyridine rings is 1. The van der Waals surface area contributed by atoms with Gasteiger partial charge in [0.2, 0.25) is 0 Å². The minimum Gasteiger partial charge on any atom is -0.481 e. The fourth-order valence-corrected chi connectivity index (χ4v) is 2.77. The summed E-state index contributed by atoms with van der Waals surface area (Å²) < 4.78 is 0. The number of nitriles is 1. The van der Waals surface area contributed by atoms with Crippen LogP contribution in [0.1, 0.15) is 43.4 Å². The molecular weight excluding hydrogens is 254 g/mol. The number of carboxylic acids is 1. The highest BCUT2D eigenvalue weighted by atomic mass is 16.4. The number of aromatic nitrogens is 1. The van der Waals surface area contributed by atoms with Crippen LogP contribution in [0.3, 0.4) is 0 Å². The quantitative estimate of drug-likeness (QED) is 0.889. The molecule has 0 radical (unpaired) electrons. The van der Waals surface area contributed by atoms with Gasteiger partial charge in [0.15, 0.2) is 0 Å². The molecule has 2 heterocycles. The molecule has 1 N–H and O–H groups in total. The minimum absolute atomic E-state index is 0.208. The summed E-state index contributed by atoms with van der Waals surface area (Å²) >= 11 is 0. The van der Waals surface area contributed by atoms with Gasteiger partial charge in [-0.3, -0.25) is 9.69 Å². The van der Waals surface area contributed by atoms with E-state index in [1.54, 1.807) is 6.20 Å². The molecule has 1 aromatic heterocycles. The second kappa shape index (κ2) is 7.01. The molecule has 20 heavy (non-hydrogen) atoms. The van der Waals surface area contributed by atoms with Crippen LogP contribution >= 0.6 is 0 Å². The number of rotatable bonds is 5. The Morgan fingerprint density at radius 3 is 3.15 bits per heavy atom. The van der Waals surface area contributed by atoms with Gasteiger partial charge in [-0.1, -0.05) is 12.5 Å². The molecule has 1 fully saturated rings. The molecule has 0 spiro atoms. The lowest BCUT2D eigenvalue weighted by Gasteiger charge is -2.35. The first-order valence-electron chi connectivity index (χ1n) is 7.00. The van der Waals surface area contributed by atoms with Crippen LogP contribution < -0.4 is 0 Å². The van der Waals surface area contributed by atoms with Gasteiger partial charge in [-0.2, -0.15) is 5.26 Å². The predicted octanol–water partition coefficient (Wildman–Crippen LogP) is 2.17. The Balaban J connectivity index is 2.05. The number of piperidine rings is 1. The number of aliphatic carboxylic acids is 1. The van der Waals surface area contributed by atoms with Crippen molar-refractivity contribution < 1.29 is 9.90 Å². The molecule has 1 aromatic rings. The summed E-state index contributed by atoms with van der Waals surface area (Å²) in [5.74, 6) is -0.741. The maximum Gasteiger partial charge on any atom is 0.303 e. The molecule has 1 unspecified atom stereocenters. The largest absolute Gasteiger partial charge is 0.481 e. The number of nitrogens with zero attached hydrogens (tertiary/aromatic N) is 3. The molecule has 0 aliphatic carbocycles. The van der Waals surface area contributed by atoms with Crippen LogP contribution in [0.15, 0.2) is 18.3 Å². The van der Waals surface area contributed by atoms with Gasteiger partial charge in [-0.25, -0.2) is 4.98 Å². The van der Waals surface area contributed by atoms with E-state index in [0.717, 1.165) is 31.4 Å². The van der Waals surface area contributed by atoms with Crippen molar-refractivity contribution in [1.29, 1.82) is 5.26 Å². The van der Waals surface area contributed by atoms with E-state index in [4.69, 9.17) is 10.4 Å². The Morgan fingerprint density at radius 1 is 1.55 bits per heavy atom. The van der Waals surface area contributed by atoms with Crippen molar-refractivity contribution in [3.05, 3.63) is 29.6 Å². The maximum absolute atomic E-state index is 10.7. The number of carbonyl (C=O) groups is 1. The lowest BCUT2D eigenvalue weighted by molar-refractivity contribution is -0.137. The van der Waals surface area contributed by atoms with Gasteiger partial charge >= 0.3 is 5.97 Å². The van der Waals surface area contributed by atoms with E-state index < -0.39 is 5.97 Å². The first kappa shape index (κ1) is 14.5. The zero-order valence-electron chi connectivity index (χ0n) is 11.5. The third-order valence-electron chi connectivity index (χ3n) is 3.81. The van der Waals surface area contributed by atoms with Crippen molar-refractivity contribution >= 4 is 5.97 Å². The van der Waals surface area contributed by atoms with Crippen molar-refractivity contribution in [2.24, 2.45) is 0 Å². The first-order chi connectivity index (χ1) is 9.70. The van der Waals surface area contributed by atoms with E-state index >= 15 is 0 Å². The second-order valence-corrected chi connectivity index (χ2v) is 5.18. The molecule has 0 bridgehead atoms. The maximum atomic E-state index is 10.7. The first-order valence-corrected chi connectivity index (χ1v) is 7.00. The average Bonchev–Trinajstić information content (AvgIpc) is 2.47. The van der Waals surface area contributed by atoms with Gasteiger partial charge in [-0.15, -0.1) is 0 Å². The summed E-state index contributed by atoms with van der Waals surface area (Å²) in [5.41, 5.74) is 1.40. The zero-order chi connectivity index (χ0) is 14.4. The summed E-state index contributed by atoms with van der Waals surface area (Å²) in [5, 5.41) is 17.9. The van der Waals surface area contributed by atoms with Crippen LogP contribution in [0.2, 0.25) is 0 Å². The van der Waals surface area contributed by atoms with Gasteiger partial charge in [0.1, 0.15) is 11.8 Å². The number of likely N-dealkylation sites (tertiary alicyclic amines) is 1. The van der Waals surface area contributed by atoms with Crippen LogP contribution in [0, 0.1) is 11.3 Å². The summed E-state index contributed by atoms with van der Waals surface area (Å²) in [6, 6.07) is 6.18. The lowest BCUT2D eigenvalue weighted by Crippen LogP contribution is -2.39. The molecule has 0 aromatic carbocycles. The van der Waals surface area contributed by atoms with E-state index in [0.29, 0.717) is 24.7 Å². The third-order valence-corrected chi connectivity index (χ3v) is 3.81. The fraction of sp³-hybridized carbons (Fsp3) is 0.533. The monoisotopic (exact) mass is 273 g/mol. The molecule has 0 saturated carbocycles. The van der Waals surface area contributed by atoms with Crippen molar-refractivity contribution in [1.82, 2.24) is 9.88 Å². The smallest absolute Gasteiger partial charge is 0.303 e. The fourth-order valence-electron chi connectivity index (χ4n) is 2.77. The Bertz CT molecular complexity index is 510. The van der Waals surface area contributed by atoms with Gasteiger partial charge in [0.05, 0.1) is 0 Å². The van der Waals surface area contributed by atoms with E-state index in [9.17, 15) is 4.79 Å². The molecule has 2 rings (SSSR count). The van der Waals surface area contributed by atoms with Crippen molar-refractivity contribution in [2.45, 2.75) is 44.7 Å². The zero-order valence-corrected chi connectivity index (χ0v) is 11.5. The highest BCUT2D eigenvalue weighted by Gasteiger charge is 2.23. The van der Waals surface area contributed by atoms with Gasteiger partial charge in [0.25, 0.3) is 0 Å². The van der Waals surface area contributed by atoms with E-state index in [2.05, 4.69) is 16.0 Å². The van der Waals surface area contributed by atoms with Gasteiger partial charge in [-0.05, 0) is 31.9 Å². The van der Waals surface area contributed by atoms with Crippen LogP contribution in [0.4, 0.5) is 0 Å². The van der Waals surface area contributed by atoms with Crippen molar-refractivity contribution in [2.75, 3.05) is 6.54 Å². The average molecular weight is 273 g/mol. The second-order valence-electron chi connectivity index (χ2n) is 5.18. The topological polar surface area (TPSA) is 77.2 Å². The Kier molecular flexibility index (Phi) is 5.08. The van der Waals surface area contributed by atoms with E-state index in [1.807, 2.05) is 12.1 Å². The molecule has 1 aliphatic rings. The number of hydrogen-bond donors (Lipinski definition) is 1. The highest BCUT2D eigenvalue weighted by molar-refractivity contribution is 5.66. The van der Waals surface area contributed by atoms with E-state index in [1.165, 1.54) is 0 Å². The normalized spacial score (nSPS) is 19.4. The minimum atomic E-state index is -0.741. The molecule has 106 valence electrons. The molecule has 1 aliphatic heterocycles. The number of hydrogen-bond acceptors (Lipinski definition) is 4. The molecule has 5 heteroatoms. The molecule has 5 nitrogen and oxygen atoms in total. The van der Waals surface area contributed by atoms with Crippen LogP contribution in [0.25, 0.3) is 0 Å². The van der Waals surface area contributed by atoms with Gasteiger partial charge < -0.3 is 5.11 Å². The summed E-state index contributed by atoms with van der Waals surface area (Å²) in [4.78, 5) is 17.1. The summed E-state index contributed by atoms with van der Waals surface area (Å²) in [6.07, 6.45) is 5.83. The van der Waals surface area contributed by atoms with Crippen molar-refractivity contribution in [3.8, 4) is 6.07 Å². The van der Waals surface area contributed by atoms with Gasteiger partial charge in [0, 0.05) is 30.8 Å². The predicted molar refractivity (Wildman–Crippen MR) is 73.9 cm³/mol. The standard InChI is InChI=1S/C15H19N3O2/c16-10-14-12(4-3-8-17-14)11-18-9-2-1-5-13(18)6-7-15(19)20/h3-4,8,13H,1-2,5-7,9,11H2,(H,19,20). The molecular formula is C15H19N3O2. The molecule has 1 saturated heterocycles.